The first-order valence-corrected chi connectivity index (χ1v) is 26.9. The third-order valence-corrected chi connectivity index (χ3v) is 15.9. The van der Waals surface area contributed by atoms with Gasteiger partial charge in [0.05, 0.1) is 44.8 Å². The Morgan fingerprint density at radius 2 is 0.526 bits per heavy atom. The molecule has 10 aromatic carbocycles. The minimum absolute atomic E-state index is 0.884. The lowest BCUT2D eigenvalue weighted by Crippen LogP contribution is -2.01. The van der Waals surface area contributed by atoms with Crippen LogP contribution in [0.1, 0.15) is 22.3 Å². The Bertz CT molecular complexity index is 4130. The van der Waals surface area contributed by atoms with E-state index in [2.05, 4.69) is 292 Å². The van der Waals surface area contributed by atoms with Crippen LogP contribution in [0, 0.1) is 27.7 Å². The number of hydrogen-bond acceptors (Lipinski definition) is 2. The maximum absolute atomic E-state index is 5.54. The fourth-order valence-corrected chi connectivity index (χ4v) is 11.7. The molecule has 0 fully saturated rings. The summed E-state index contributed by atoms with van der Waals surface area (Å²) in [7, 11) is 0. The summed E-state index contributed by atoms with van der Waals surface area (Å²) < 4.78 is 4.84. The van der Waals surface area contributed by atoms with Crippen molar-refractivity contribution in [1.82, 2.24) is 19.1 Å². The fraction of sp³-hybridized carbons (Fsp3) is 0.0541. The maximum atomic E-state index is 5.54. The zero-order valence-corrected chi connectivity index (χ0v) is 44.0. The van der Waals surface area contributed by atoms with Crippen molar-refractivity contribution < 1.29 is 0 Å². The fourth-order valence-electron chi connectivity index (χ4n) is 11.7. The van der Waals surface area contributed by atoms with Gasteiger partial charge in [0.1, 0.15) is 0 Å². The highest BCUT2D eigenvalue weighted by molar-refractivity contribution is 6.13. The highest BCUT2D eigenvalue weighted by Gasteiger charge is 2.21. The predicted molar refractivity (Wildman–Crippen MR) is 328 cm³/mol. The molecule has 0 aliphatic rings. The molecule has 14 rings (SSSR count). The van der Waals surface area contributed by atoms with Gasteiger partial charge in [0.15, 0.2) is 0 Å². The number of fused-ring (bicyclic) bond motifs is 6. The molecule has 4 aromatic heterocycles. The van der Waals surface area contributed by atoms with E-state index in [0.29, 0.717) is 0 Å². The van der Waals surface area contributed by atoms with Gasteiger partial charge in [-0.15, -0.1) is 0 Å². The highest BCUT2D eigenvalue weighted by atomic mass is 15.0. The monoisotopic (exact) mass is 998 g/mol. The van der Waals surface area contributed by atoms with Gasteiger partial charge < -0.3 is 9.13 Å². The summed E-state index contributed by atoms with van der Waals surface area (Å²) >= 11 is 0. The Labute approximate surface area is 454 Å². The van der Waals surface area contributed by atoms with Gasteiger partial charge in [0, 0.05) is 44.0 Å². The molecule has 4 heteroatoms. The summed E-state index contributed by atoms with van der Waals surface area (Å²) in [6.07, 6.45) is 0. The van der Waals surface area contributed by atoms with Crippen LogP contribution in [0.2, 0.25) is 0 Å². The minimum atomic E-state index is 0.884. The number of aromatic nitrogens is 4. The highest BCUT2D eigenvalue weighted by Crippen LogP contribution is 2.41. The second-order valence-corrected chi connectivity index (χ2v) is 20.8. The summed E-state index contributed by atoms with van der Waals surface area (Å²) in [5.41, 5.74) is 26.6. The molecule has 0 aliphatic carbocycles. The molecule has 0 bridgehead atoms. The number of pyridine rings is 2. The second-order valence-electron chi connectivity index (χ2n) is 20.8. The van der Waals surface area contributed by atoms with Gasteiger partial charge in [-0.05, 0) is 179 Å². The summed E-state index contributed by atoms with van der Waals surface area (Å²) in [4.78, 5) is 11.1. The summed E-state index contributed by atoms with van der Waals surface area (Å²) in [6, 6.07) is 92.6. The van der Waals surface area contributed by atoms with Crippen molar-refractivity contribution in [2.75, 3.05) is 0 Å². The van der Waals surface area contributed by atoms with Crippen molar-refractivity contribution in [3.05, 3.63) is 277 Å². The van der Waals surface area contributed by atoms with Gasteiger partial charge in [0.2, 0.25) is 0 Å². The second kappa shape index (κ2) is 19.0. The van der Waals surface area contributed by atoms with Crippen LogP contribution in [-0.2, 0) is 0 Å². The van der Waals surface area contributed by atoms with Crippen LogP contribution in [0.3, 0.4) is 0 Å². The van der Waals surface area contributed by atoms with Crippen molar-refractivity contribution in [2.45, 2.75) is 27.7 Å². The normalized spacial score (nSPS) is 11.6. The van der Waals surface area contributed by atoms with Crippen LogP contribution in [0.4, 0.5) is 0 Å². The largest absolute Gasteiger partial charge is 0.309 e. The zero-order chi connectivity index (χ0) is 52.4. The van der Waals surface area contributed by atoms with Crippen LogP contribution in [0.15, 0.2) is 255 Å². The smallest absolute Gasteiger partial charge is 0.0925 e. The molecule has 4 heterocycles. The van der Waals surface area contributed by atoms with E-state index in [1.54, 1.807) is 0 Å². The molecule has 0 N–H and O–H groups in total. The van der Waals surface area contributed by atoms with Crippen molar-refractivity contribution in [1.29, 1.82) is 0 Å². The number of benzene rings is 10. The van der Waals surface area contributed by atoms with E-state index in [9.17, 15) is 0 Å². The number of aryl methyl sites for hydroxylation is 4. The number of hydrogen-bond donors (Lipinski definition) is 0. The molecule has 370 valence electrons. The molecule has 14 aromatic rings. The number of rotatable bonds is 9. The van der Waals surface area contributed by atoms with Crippen LogP contribution in [-0.4, -0.2) is 19.1 Å². The van der Waals surface area contributed by atoms with E-state index in [4.69, 9.17) is 9.97 Å². The molecule has 0 spiro atoms. The van der Waals surface area contributed by atoms with E-state index >= 15 is 0 Å². The van der Waals surface area contributed by atoms with Crippen LogP contribution >= 0.6 is 0 Å². The Balaban J connectivity index is 0.864. The average Bonchev–Trinajstić information content (AvgIpc) is 4.15. The van der Waals surface area contributed by atoms with Crippen molar-refractivity contribution in [3.8, 4) is 89.8 Å². The van der Waals surface area contributed by atoms with Crippen LogP contribution in [0.5, 0.6) is 0 Å². The van der Waals surface area contributed by atoms with E-state index in [0.717, 1.165) is 89.6 Å². The van der Waals surface area contributed by atoms with Crippen molar-refractivity contribution in [2.24, 2.45) is 0 Å². The molecule has 0 aliphatic heterocycles. The van der Waals surface area contributed by atoms with E-state index in [-0.39, 0.29) is 0 Å². The first kappa shape index (κ1) is 46.6. The molecular weight excluding hydrogens is 945 g/mol. The van der Waals surface area contributed by atoms with Crippen molar-refractivity contribution in [3.63, 3.8) is 0 Å². The van der Waals surface area contributed by atoms with E-state index in [1.165, 1.54) is 66.1 Å². The molecule has 4 nitrogen and oxygen atoms in total. The Morgan fingerprint density at radius 1 is 0.244 bits per heavy atom. The van der Waals surface area contributed by atoms with Gasteiger partial charge >= 0.3 is 0 Å². The van der Waals surface area contributed by atoms with Gasteiger partial charge in [-0.2, -0.15) is 0 Å². The summed E-state index contributed by atoms with van der Waals surface area (Å²) in [5, 5.41) is 4.87. The lowest BCUT2D eigenvalue weighted by Gasteiger charge is -2.16. The number of nitrogens with zero attached hydrogens (tertiary/aromatic N) is 4. The maximum Gasteiger partial charge on any atom is 0.0925 e. The average molecular weight is 999 g/mol. The van der Waals surface area contributed by atoms with Gasteiger partial charge in [-0.1, -0.05) is 170 Å². The Kier molecular flexibility index (Phi) is 11.4. The standard InChI is InChI=1S/C74H54N4/c1-47-25-33-59(77-69-37-29-55(51-17-9-5-10-18-51)41-63(69)64-42-56(30-38-70(64)77)52-19-11-6-12-20-52)45-61(47)67-35-27-49(3)73(75-67)74-50(4)28-36-68(76-74)62-46-60(34-26-48(62)2)78-71-39-31-57(53-21-13-7-14-22-53)43-65(71)66-44-58(32-40-72(66)78)54-23-15-8-16-24-54/h5-46H,1-4H3. The SMILES string of the molecule is Cc1ccc(-n2c3ccc(-c4ccccc4)cc3c3cc(-c4ccccc4)ccc32)cc1-c1ccc(C)c(-c2nc(-c3cc(-n4c5ccc(-c6ccccc6)cc5c5cc(-c6ccccc6)ccc54)ccc3C)ccc2C)n1. The molecule has 0 amide bonds. The summed E-state index contributed by atoms with van der Waals surface area (Å²) in [6.45, 7) is 8.67. The van der Waals surface area contributed by atoms with E-state index in [1.807, 2.05) is 0 Å². The quantitative estimate of drug-likeness (QED) is 0.144. The van der Waals surface area contributed by atoms with Gasteiger partial charge in [-0.3, -0.25) is 0 Å². The molecule has 0 radical (unpaired) electrons. The molecule has 0 saturated carbocycles. The molecule has 78 heavy (non-hydrogen) atoms. The molecular formula is C74H54N4. The third kappa shape index (κ3) is 8.09. The first-order valence-electron chi connectivity index (χ1n) is 26.9. The molecule has 0 unspecified atom stereocenters. The van der Waals surface area contributed by atoms with Gasteiger partial charge in [0.25, 0.3) is 0 Å². The molecule has 0 atom stereocenters. The van der Waals surface area contributed by atoms with E-state index < -0.39 is 0 Å². The lowest BCUT2D eigenvalue weighted by atomic mass is 9.99. The predicted octanol–water partition coefficient (Wildman–Crippen LogP) is 19.6. The summed E-state index contributed by atoms with van der Waals surface area (Å²) in [5.74, 6) is 0. The minimum Gasteiger partial charge on any atom is -0.309 e. The molecule has 0 saturated heterocycles. The van der Waals surface area contributed by atoms with Gasteiger partial charge in [-0.25, -0.2) is 9.97 Å². The zero-order valence-electron chi connectivity index (χ0n) is 44.0. The van der Waals surface area contributed by atoms with Crippen LogP contribution < -0.4 is 0 Å². The Hall–Kier alpha value is -9.90. The Morgan fingerprint density at radius 3 is 0.821 bits per heavy atom. The topological polar surface area (TPSA) is 35.6 Å². The van der Waals surface area contributed by atoms with Crippen LogP contribution in [0.25, 0.3) is 133 Å². The van der Waals surface area contributed by atoms with Crippen molar-refractivity contribution >= 4 is 43.6 Å². The first-order chi connectivity index (χ1) is 38.3. The lowest BCUT2D eigenvalue weighted by molar-refractivity contribution is 1.16. The third-order valence-electron chi connectivity index (χ3n) is 15.9.